The molecule has 2 N–H and O–H groups in total. The molecule has 0 radical (unpaired) electrons. The molecule has 0 aliphatic carbocycles. The molecule has 8 nitrogen and oxygen atoms in total. The largest absolute Gasteiger partial charge is 0.367 e. The second-order valence-corrected chi connectivity index (χ2v) is 6.72. The van der Waals surface area contributed by atoms with Crippen molar-refractivity contribution in [1.82, 2.24) is 19.9 Å². The molecular weight excluding hydrogens is 326 g/mol. The first-order valence-corrected chi connectivity index (χ1v) is 8.71. The first kappa shape index (κ1) is 16.4. The molecule has 1 fully saturated rings. The fourth-order valence-electron chi connectivity index (χ4n) is 2.56. The van der Waals surface area contributed by atoms with Gasteiger partial charge in [-0.05, 0) is 12.8 Å². The average Bonchev–Trinajstić information content (AvgIpc) is 3.08. The highest BCUT2D eigenvalue weighted by atomic mass is 32.1. The number of carbonyl (C=O) groups excluding carboxylic acids is 1. The van der Waals surface area contributed by atoms with Crippen LogP contribution in [0, 0.1) is 0 Å². The summed E-state index contributed by atoms with van der Waals surface area (Å²) in [5.41, 5.74) is 0. The van der Waals surface area contributed by atoms with E-state index in [2.05, 4.69) is 25.6 Å². The van der Waals surface area contributed by atoms with Crippen LogP contribution in [0.1, 0.15) is 12.8 Å². The lowest BCUT2D eigenvalue weighted by Gasteiger charge is -2.32. The van der Waals surface area contributed by atoms with Gasteiger partial charge in [-0.2, -0.15) is 0 Å². The highest BCUT2D eigenvalue weighted by Crippen LogP contribution is 2.19. The number of urea groups is 1. The maximum Gasteiger partial charge on any atom is 0.323 e. The van der Waals surface area contributed by atoms with E-state index in [0.29, 0.717) is 24.3 Å². The fourth-order valence-corrected chi connectivity index (χ4v) is 3.08. The van der Waals surface area contributed by atoms with Gasteiger partial charge in [0.15, 0.2) is 5.13 Å². The van der Waals surface area contributed by atoms with Crippen LogP contribution in [0.2, 0.25) is 0 Å². The molecule has 128 valence electrons. The first-order chi connectivity index (χ1) is 11.6. The highest BCUT2D eigenvalue weighted by molar-refractivity contribution is 7.13. The van der Waals surface area contributed by atoms with Crippen molar-refractivity contribution in [3.05, 3.63) is 24.0 Å². The van der Waals surface area contributed by atoms with E-state index in [9.17, 15) is 4.79 Å². The number of anilines is 3. The van der Waals surface area contributed by atoms with Gasteiger partial charge >= 0.3 is 6.03 Å². The van der Waals surface area contributed by atoms with Gasteiger partial charge in [0.2, 0.25) is 0 Å². The van der Waals surface area contributed by atoms with Crippen LogP contribution < -0.4 is 15.5 Å². The second-order valence-electron chi connectivity index (χ2n) is 5.83. The molecular formula is C15H21N7OS. The van der Waals surface area contributed by atoms with Crippen molar-refractivity contribution < 1.29 is 4.79 Å². The van der Waals surface area contributed by atoms with E-state index < -0.39 is 0 Å². The zero-order valence-electron chi connectivity index (χ0n) is 13.8. The molecule has 1 aliphatic heterocycles. The maximum absolute atomic E-state index is 12.2. The van der Waals surface area contributed by atoms with Crippen LogP contribution in [0.4, 0.5) is 21.6 Å². The zero-order chi connectivity index (χ0) is 16.9. The van der Waals surface area contributed by atoms with Crippen molar-refractivity contribution in [2.24, 2.45) is 0 Å². The van der Waals surface area contributed by atoms with E-state index in [1.54, 1.807) is 12.5 Å². The van der Waals surface area contributed by atoms with Gasteiger partial charge in [-0.1, -0.05) is 0 Å². The van der Waals surface area contributed by atoms with E-state index in [0.717, 1.165) is 24.5 Å². The van der Waals surface area contributed by atoms with Crippen LogP contribution in [0.3, 0.4) is 0 Å². The minimum absolute atomic E-state index is 0.0830. The number of amides is 2. The molecule has 0 atom stereocenters. The van der Waals surface area contributed by atoms with E-state index >= 15 is 0 Å². The minimum atomic E-state index is -0.0830. The number of nitrogens with zero attached hydrogens (tertiary/aromatic N) is 5. The number of thiazole rings is 1. The van der Waals surface area contributed by atoms with Crippen molar-refractivity contribution in [2.45, 2.75) is 18.9 Å². The summed E-state index contributed by atoms with van der Waals surface area (Å²) in [5, 5.41) is 8.74. The molecule has 0 spiro atoms. The zero-order valence-corrected chi connectivity index (χ0v) is 14.6. The molecule has 24 heavy (non-hydrogen) atoms. The molecule has 2 aromatic rings. The Balaban J connectivity index is 1.50. The van der Waals surface area contributed by atoms with Crippen LogP contribution in [0.15, 0.2) is 24.0 Å². The topological polar surface area (TPSA) is 86.3 Å². The SMILES string of the molecule is CN(C)c1cc(NC2CCN(C(=O)Nc3nccs3)CC2)ncn1. The van der Waals surface area contributed by atoms with Crippen molar-refractivity contribution in [3.63, 3.8) is 0 Å². The Morgan fingerprint density at radius 1 is 1.29 bits per heavy atom. The first-order valence-electron chi connectivity index (χ1n) is 7.83. The molecule has 0 unspecified atom stereocenters. The summed E-state index contributed by atoms with van der Waals surface area (Å²) >= 11 is 1.42. The van der Waals surface area contributed by atoms with E-state index in [4.69, 9.17) is 0 Å². The summed E-state index contributed by atoms with van der Waals surface area (Å²) in [6.07, 6.45) is 5.01. The Bertz CT molecular complexity index is 668. The highest BCUT2D eigenvalue weighted by Gasteiger charge is 2.23. The lowest BCUT2D eigenvalue weighted by atomic mass is 10.1. The third-order valence-corrected chi connectivity index (χ3v) is 4.58. The van der Waals surface area contributed by atoms with Gasteiger partial charge in [0, 0.05) is 50.9 Å². The molecule has 0 aromatic carbocycles. The van der Waals surface area contributed by atoms with Crippen molar-refractivity contribution >= 4 is 34.1 Å². The smallest absolute Gasteiger partial charge is 0.323 e. The quantitative estimate of drug-likeness (QED) is 0.881. The number of carbonyl (C=O) groups is 1. The Morgan fingerprint density at radius 3 is 2.75 bits per heavy atom. The van der Waals surface area contributed by atoms with Gasteiger partial charge in [-0.15, -0.1) is 11.3 Å². The predicted octanol–water partition coefficient (Wildman–Crippen LogP) is 2.11. The van der Waals surface area contributed by atoms with Gasteiger partial charge in [0.1, 0.15) is 18.0 Å². The van der Waals surface area contributed by atoms with E-state index in [1.165, 1.54) is 11.3 Å². The molecule has 9 heteroatoms. The lowest BCUT2D eigenvalue weighted by molar-refractivity contribution is 0.197. The van der Waals surface area contributed by atoms with Gasteiger partial charge in [0.25, 0.3) is 0 Å². The molecule has 3 rings (SSSR count). The Hall–Kier alpha value is -2.42. The van der Waals surface area contributed by atoms with Crippen LogP contribution in [0.5, 0.6) is 0 Å². The Morgan fingerprint density at radius 2 is 2.08 bits per heavy atom. The predicted molar refractivity (Wildman–Crippen MR) is 95.7 cm³/mol. The summed E-state index contributed by atoms with van der Waals surface area (Å²) < 4.78 is 0. The maximum atomic E-state index is 12.2. The Kier molecular flexibility index (Phi) is 5.09. The molecule has 1 saturated heterocycles. The van der Waals surface area contributed by atoms with Crippen molar-refractivity contribution in [2.75, 3.05) is 42.7 Å². The summed E-state index contributed by atoms with van der Waals surface area (Å²) in [7, 11) is 3.90. The summed E-state index contributed by atoms with van der Waals surface area (Å²) in [4.78, 5) is 28.5. The van der Waals surface area contributed by atoms with Crippen LogP contribution in [0.25, 0.3) is 0 Å². The Labute approximate surface area is 144 Å². The lowest BCUT2D eigenvalue weighted by Crippen LogP contribution is -2.44. The monoisotopic (exact) mass is 347 g/mol. The molecule has 3 heterocycles. The summed E-state index contributed by atoms with van der Waals surface area (Å²) in [6, 6.07) is 2.15. The average molecular weight is 347 g/mol. The number of aromatic nitrogens is 3. The molecule has 2 aromatic heterocycles. The minimum Gasteiger partial charge on any atom is -0.367 e. The number of likely N-dealkylation sites (tertiary alicyclic amines) is 1. The normalized spacial score (nSPS) is 15.2. The number of hydrogen-bond donors (Lipinski definition) is 2. The van der Waals surface area contributed by atoms with Crippen molar-refractivity contribution in [3.8, 4) is 0 Å². The van der Waals surface area contributed by atoms with Gasteiger partial charge in [-0.25, -0.2) is 19.7 Å². The standard InChI is InChI=1S/C15H21N7OS/c1-21(2)13-9-12(17-10-18-13)19-11-3-6-22(7-4-11)15(23)20-14-16-5-8-24-14/h5,8-11H,3-4,6-7H2,1-2H3,(H,16,20,23)(H,17,18,19). The van der Waals surface area contributed by atoms with Crippen LogP contribution in [-0.4, -0.2) is 59.1 Å². The molecule has 1 aliphatic rings. The van der Waals surface area contributed by atoms with Crippen LogP contribution >= 0.6 is 11.3 Å². The summed E-state index contributed by atoms with van der Waals surface area (Å²) in [5.74, 6) is 1.69. The number of nitrogens with one attached hydrogen (secondary N) is 2. The third kappa shape index (κ3) is 4.10. The fraction of sp³-hybridized carbons (Fsp3) is 0.467. The van der Waals surface area contributed by atoms with Crippen LogP contribution in [-0.2, 0) is 0 Å². The van der Waals surface area contributed by atoms with Gasteiger partial charge < -0.3 is 15.1 Å². The second kappa shape index (κ2) is 7.43. The number of hydrogen-bond acceptors (Lipinski definition) is 7. The number of rotatable bonds is 4. The van der Waals surface area contributed by atoms with Crippen molar-refractivity contribution in [1.29, 1.82) is 0 Å². The molecule has 2 amide bonds. The van der Waals surface area contributed by atoms with Gasteiger partial charge in [0.05, 0.1) is 0 Å². The number of piperidine rings is 1. The third-order valence-electron chi connectivity index (χ3n) is 3.89. The van der Waals surface area contributed by atoms with Gasteiger partial charge in [-0.3, -0.25) is 5.32 Å². The van der Waals surface area contributed by atoms with E-state index in [1.807, 2.05) is 35.3 Å². The molecule has 0 saturated carbocycles. The molecule has 0 bridgehead atoms. The summed E-state index contributed by atoms with van der Waals surface area (Å²) in [6.45, 7) is 1.42. The van der Waals surface area contributed by atoms with E-state index in [-0.39, 0.29) is 6.03 Å².